The zero-order valence-corrected chi connectivity index (χ0v) is 13.6. The minimum Gasteiger partial charge on any atom is -0.396 e. The summed E-state index contributed by atoms with van der Waals surface area (Å²) in [5, 5.41) is 19.4. The maximum atomic E-state index is 10.5. The third-order valence-corrected chi connectivity index (χ3v) is 4.22. The van der Waals surface area contributed by atoms with Gasteiger partial charge in [0.2, 0.25) is 0 Å². The van der Waals surface area contributed by atoms with E-state index in [0.29, 0.717) is 19.6 Å². The van der Waals surface area contributed by atoms with Crippen LogP contribution in [0.1, 0.15) is 18.3 Å². The van der Waals surface area contributed by atoms with Gasteiger partial charge in [-0.3, -0.25) is 0 Å². The number of hydrogen-bond donors (Lipinski definition) is 2. The molecule has 7 nitrogen and oxygen atoms in total. The van der Waals surface area contributed by atoms with Crippen molar-refractivity contribution in [3.8, 4) is 0 Å². The minimum absolute atomic E-state index is 0.0255. The second-order valence-electron chi connectivity index (χ2n) is 5.86. The Hall–Kier alpha value is -1.06. The predicted molar refractivity (Wildman–Crippen MR) is 83.1 cm³/mol. The maximum Gasteiger partial charge on any atom is 0.186 e. The van der Waals surface area contributed by atoms with Gasteiger partial charge in [-0.1, -0.05) is 30.3 Å². The highest BCUT2D eigenvalue weighted by Crippen LogP contribution is 2.35. The van der Waals surface area contributed by atoms with Gasteiger partial charge in [-0.15, -0.1) is 0 Å². The molecule has 0 radical (unpaired) electrons. The Morgan fingerprint density at radius 3 is 2.71 bits per heavy atom. The van der Waals surface area contributed by atoms with Crippen molar-refractivity contribution in [2.75, 3.05) is 26.9 Å². The van der Waals surface area contributed by atoms with Crippen molar-refractivity contribution in [3.05, 3.63) is 35.9 Å². The molecule has 0 amide bonds. The van der Waals surface area contributed by atoms with Crippen molar-refractivity contribution >= 4 is 0 Å². The van der Waals surface area contributed by atoms with E-state index in [1.165, 1.54) is 7.11 Å². The highest BCUT2D eigenvalue weighted by Gasteiger charge is 2.50. The third-order valence-electron chi connectivity index (χ3n) is 4.22. The van der Waals surface area contributed by atoms with Gasteiger partial charge in [0, 0.05) is 25.9 Å². The number of aliphatic hydroxyl groups is 2. The lowest BCUT2D eigenvalue weighted by Crippen LogP contribution is -2.62. The normalized spacial score (nSPS) is 36.3. The molecule has 0 spiro atoms. The van der Waals surface area contributed by atoms with Crippen molar-refractivity contribution in [1.82, 2.24) is 0 Å². The highest BCUT2D eigenvalue weighted by atomic mass is 16.8. The molecule has 0 bridgehead atoms. The molecular formula is C17H24O7. The lowest BCUT2D eigenvalue weighted by Gasteiger charge is -2.47. The lowest BCUT2D eigenvalue weighted by atomic mass is 9.97. The number of hydrogen-bond acceptors (Lipinski definition) is 7. The van der Waals surface area contributed by atoms with E-state index < -0.39 is 37.0 Å². The molecular weight excluding hydrogens is 316 g/mol. The Morgan fingerprint density at radius 2 is 2.00 bits per heavy atom. The summed E-state index contributed by atoms with van der Waals surface area (Å²) in [5.41, 5.74) is 0.897. The van der Waals surface area contributed by atoms with Gasteiger partial charge >= 0.3 is 0 Å². The van der Waals surface area contributed by atoms with Crippen LogP contribution in [0.15, 0.2) is 30.3 Å². The summed E-state index contributed by atoms with van der Waals surface area (Å²) in [6.45, 7) is 0.659. The molecule has 2 heterocycles. The van der Waals surface area contributed by atoms with Crippen LogP contribution in [0.25, 0.3) is 0 Å². The molecule has 0 unspecified atom stereocenters. The molecule has 0 saturated carbocycles. The quantitative estimate of drug-likeness (QED) is 0.733. The molecule has 2 fully saturated rings. The van der Waals surface area contributed by atoms with Crippen LogP contribution in [0, 0.1) is 0 Å². The molecule has 1 aromatic carbocycles. The second kappa shape index (κ2) is 8.35. The van der Waals surface area contributed by atoms with Gasteiger partial charge in [0.1, 0.15) is 24.4 Å². The number of aliphatic hydroxyl groups excluding tert-OH is 2. The first-order chi connectivity index (χ1) is 11.7. The standard InChI is InChI=1S/C17H24O7/c1-20-17-13(19)15(21-9-5-8-18)14-12(23-17)10-22-16(24-14)11-6-3-2-4-7-11/h2-4,6-7,12-19H,5,8-10H2,1H3/t12-,13+,14-,15+,16-,17+/m1/s1. The van der Waals surface area contributed by atoms with Crippen LogP contribution in [0.2, 0.25) is 0 Å². The van der Waals surface area contributed by atoms with Gasteiger partial charge in [-0.2, -0.15) is 0 Å². The Bertz CT molecular complexity index is 497. The van der Waals surface area contributed by atoms with E-state index in [-0.39, 0.29) is 6.61 Å². The van der Waals surface area contributed by atoms with Crippen molar-refractivity contribution in [3.63, 3.8) is 0 Å². The molecule has 1 aromatic rings. The van der Waals surface area contributed by atoms with E-state index in [2.05, 4.69) is 0 Å². The Balaban J connectivity index is 1.73. The summed E-state index contributed by atoms with van der Waals surface area (Å²) in [6.07, 6.45) is -3.32. The molecule has 3 rings (SSSR count). The number of fused-ring (bicyclic) bond motifs is 1. The van der Waals surface area contributed by atoms with E-state index in [0.717, 1.165) is 5.56 Å². The summed E-state index contributed by atoms with van der Waals surface area (Å²) in [4.78, 5) is 0. The number of ether oxygens (including phenoxy) is 5. The third kappa shape index (κ3) is 3.78. The van der Waals surface area contributed by atoms with Crippen LogP contribution in [0.5, 0.6) is 0 Å². The van der Waals surface area contributed by atoms with Gasteiger partial charge in [-0.05, 0) is 6.42 Å². The summed E-state index contributed by atoms with van der Waals surface area (Å²) in [5.74, 6) is 0. The summed E-state index contributed by atoms with van der Waals surface area (Å²) in [7, 11) is 1.47. The molecule has 0 aromatic heterocycles. The summed E-state index contributed by atoms with van der Waals surface area (Å²) in [6, 6.07) is 9.59. The van der Waals surface area contributed by atoms with E-state index >= 15 is 0 Å². The fourth-order valence-electron chi connectivity index (χ4n) is 3.01. The minimum atomic E-state index is -0.982. The van der Waals surface area contributed by atoms with Gasteiger partial charge < -0.3 is 33.9 Å². The number of rotatable bonds is 6. The largest absolute Gasteiger partial charge is 0.396 e. The van der Waals surface area contributed by atoms with Crippen LogP contribution < -0.4 is 0 Å². The van der Waals surface area contributed by atoms with Gasteiger partial charge in [0.15, 0.2) is 12.6 Å². The molecule has 0 aliphatic carbocycles. The highest BCUT2D eigenvalue weighted by molar-refractivity contribution is 5.16. The Kier molecular flexibility index (Phi) is 6.18. The number of methoxy groups -OCH3 is 1. The molecule has 7 heteroatoms. The van der Waals surface area contributed by atoms with E-state index in [1.807, 2.05) is 30.3 Å². The van der Waals surface area contributed by atoms with Crippen molar-refractivity contribution in [1.29, 1.82) is 0 Å². The Morgan fingerprint density at radius 1 is 1.21 bits per heavy atom. The first-order valence-corrected chi connectivity index (χ1v) is 8.15. The molecule has 2 N–H and O–H groups in total. The maximum absolute atomic E-state index is 10.5. The van der Waals surface area contributed by atoms with Crippen LogP contribution >= 0.6 is 0 Å². The van der Waals surface area contributed by atoms with Crippen molar-refractivity contribution in [2.45, 2.75) is 43.4 Å². The Labute approximate surface area is 141 Å². The van der Waals surface area contributed by atoms with Crippen LogP contribution in [0.3, 0.4) is 0 Å². The first kappa shape index (κ1) is 17.8. The van der Waals surface area contributed by atoms with E-state index in [9.17, 15) is 5.11 Å². The average molecular weight is 340 g/mol. The zero-order valence-electron chi connectivity index (χ0n) is 13.6. The fourth-order valence-corrected chi connectivity index (χ4v) is 3.01. The summed E-state index contributed by atoms with van der Waals surface area (Å²) < 4.78 is 28.5. The zero-order chi connectivity index (χ0) is 16.9. The SMILES string of the molecule is CO[C@H]1O[C@@H]2CO[C@@H](c3ccccc3)O[C@H]2[C@@H](OCCCO)[C@@H]1O. The topological polar surface area (TPSA) is 86.6 Å². The molecule has 134 valence electrons. The predicted octanol–water partition coefficient (Wildman–Crippen LogP) is 0.600. The number of benzene rings is 1. The van der Waals surface area contributed by atoms with Crippen molar-refractivity contribution < 1.29 is 33.9 Å². The molecule has 2 aliphatic heterocycles. The average Bonchev–Trinajstić information content (AvgIpc) is 2.63. The van der Waals surface area contributed by atoms with Gasteiger partial charge in [0.25, 0.3) is 0 Å². The van der Waals surface area contributed by atoms with Gasteiger partial charge in [-0.25, -0.2) is 0 Å². The smallest absolute Gasteiger partial charge is 0.186 e. The van der Waals surface area contributed by atoms with Gasteiger partial charge in [0.05, 0.1) is 6.61 Å². The monoisotopic (exact) mass is 340 g/mol. The first-order valence-electron chi connectivity index (χ1n) is 8.15. The second-order valence-corrected chi connectivity index (χ2v) is 5.86. The van der Waals surface area contributed by atoms with Crippen LogP contribution in [-0.2, 0) is 23.7 Å². The molecule has 2 saturated heterocycles. The molecule has 6 atom stereocenters. The van der Waals surface area contributed by atoms with E-state index in [1.54, 1.807) is 0 Å². The van der Waals surface area contributed by atoms with Crippen LogP contribution in [0.4, 0.5) is 0 Å². The summed E-state index contributed by atoms with van der Waals surface area (Å²) >= 11 is 0. The molecule has 2 aliphatic rings. The van der Waals surface area contributed by atoms with Crippen molar-refractivity contribution in [2.24, 2.45) is 0 Å². The lowest BCUT2D eigenvalue weighted by molar-refractivity contribution is -0.362. The van der Waals surface area contributed by atoms with Crippen LogP contribution in [-0.4, -0.2) is 67.8 Å². The fraction of sp³-hybridized carbons (Fsp3) is 0.647. The molecule has 24 heavy (non-hydrogen) atoms. The van der Waals surface area contributed by atoms with E-state index in [4.69, 9.17) is 28.8 Å².